The Labute approximate surface area is 154 Å². The average molecular weight is 368 g/mol. The van der Waals surface area contributed by atoms with Crippen molar-refractivity contribution in [3.8, 4) is 22.9 Å². The minimum absolute atomic E-state index is 0.133. The van der Waals surface area contributed by atoms with Crippen LogP contribution in [0.15, 0.2) is 48.5 Å². The number of hydrogen-bond acceptors (Lipinski definition) is 5. The molecular weight excluding hydrogens is 351 g/mol. The number of rotatable bonds is 6. The molecule has 1 heterocycles. The molecule has 2 N–H and O–H groups in total. The summed E-state index contributed by atoms with van der Waals surface area (Å²) in [4.78, 5) is 16.2. The number of aromatic nitrogens is 3. The van der Waals surface area contributed by atoms with Gasteiger partial charge >= 0.3 is 0 Å². The van der Waals surface area contributed by atoms with Crippen LogP contribution in [-0.2, 0) is 4.79 Å². The minimum Gasteiger partial charge on any atom is -0.493 e. The summed E-state index contributed by atoms with van der Waals surface area (Å²) < 4.78 is 23.3. The number of ether oxygens (including phenoxy) is 2. The van der Waals surface area contributed by atoms with Crippen LogP contribution in [0.1, 0.15) is 5.56 Å². The summed E-state index contributed by atoms with van der Waals surface area (Å²) in [5.74, 6) is 1.01. The highest BCUT2D eigenvalue weighted by Gasteiger charge is 2.11. The van der Waals surface area contributed by atoms with Crippen LogP contribution in [0.25, 0.3) is 17.5 Å². The minimum atomic E-state index is -0.405. The second-order valence-electron chi connectivity index (χ2n) is 5.45. The maximum absolute atomic E-state index is 12.9. The topological polar surface area (TPSA) is 89.1 Å². The van der Waals surface area contributed by atoms with Crippen LogP contribution in [-0.4, -0.2) is 35.3 Å². The first-order valence-corrected chi connectivity index (χ1v) is 7.98. The fourth-order valence-electron chi connectivity index (χ4n) is 2.33. The van der Waals surface area contributed by atoms with Gasteiger partial charge in [-0.05, 0) is 42.0 Å². The lowest BCUT2D eigenvalue weighted by molar-refractivity contribution is -0.111. The molecule has 138 valence electrons. The van der Waals surface area contributed by atoms with Gasteiger partial charge in [0.15, 0.2) is 17.3 Å². The summed E-state index contributed by atoms with van der Waals surface area (Å²) in [5.41, 5.74) is 1.43. The first kappa shape index (κ1) is 18.1. The molecule has 8 heteroatoms. The van der Waals surface area contributed by atoms with Crippen molar-refractivity contribution in [1.82, 2.24) is 15.2 Å². The van der Waals surface area contributed by atoms with E-state index in [0.717, 1.165) is 5.56 Å². The number of anilines is 1. The lowest BCUT2D eigenvalue weighted by Crippen LogP contribution is -2.09. The van der Waals surface area contributed by atoms with E-state index in [4.69, 9.17) is 9.47 Å². The van der Waals surface area contributed by atoms with E-state index < -0.39 is 5.91 Å². The molecule has 1 aromatic heterocycles. The van der Waals surface area contributed by atoms with E-state index in [1.807, 2.05) is 0 Å². The van der Waals surface area contributed by atoms with Gasteiger partial charge in [0.25, 0.3) is 5.91 Å². The van der Waals surface area contributed by atoms with Gasteiger partial charge in [-0.3, -0.25) is 15.2 Å². The Balaban J connectivity index is 1.68. The van der Waals surface area contributed by atoms with Crippen molar-refractivity contribution >= 4 is 17.9 Å². The summed E-state index contributed by atoms with van der Waals surface area (Å²) in [6, 6.07) is 11.1. The van der Waals surface area contributed by atoms with Gasteiger partial charge in [0, 0.05) is 11.6 Å². The van der Waals surface area contributed by atoms with Crippen molar-refractivity contribution in [2.75, 3.05) is 19.5 Å². The van der Waals surface area contributed by atoms with Gasteiger partial charge in [-0.25, -0.2) is 4.39 Å². The van der Waals surface area contributed by atoms with Gasteiger partial charge < -0.3 is 9.47 Å². The van der Waals surface area contributed by atoms with Gasteiger partial charge in [0.05, 0.1) is 14.2 Å². The van der Waals surface area contributed by atoms with E-state index in [1.54, 1.807) is 50.6 Å². The molecule has 0 spiro atoms. The highest BCUT2D eigenvalue weighted by molar-refractivity contribution is 6.00. The molecule has 0 aliphatic heterocycles. The fraction of sp³-hybridized carbons (Fsp3) is 0.105. The molecular formula is C19H17FN4O3. The zero-order valence-electron chi connectivity index (χ0n) is 14.7. The number of H-pyrrole nitrogens is 1. The zero-order valence-corrected chi connectivity index (χ0v) is 14.7. The van der Waals surface area contributed by atoms with E-state index in [0.29, 0.717) is 22.9 Å². The molecule has 1 amide bonds. The van der Waals surface area contributed by atoms with Crippen LogP contribution in [0.5, 0.6) is 11.5 Å². The Morgan fingerprint density at radius 3 is 2.56 bits per heavy atom. The molecule has 0 aliphatic carbocycles. The molecule has 3 aromatic rings. The van der Waals surface area contributed by atoms with Crippen molar-refractivity contribution in [3.05, 3.63) is 59.9 Å². The number of nitrogens with one attached hydrogen (secondary N) is 2. The molecule has 3 rings (SSSR count). The van der Waals surface area contributed by atoms with Crippen LogP contribution in [0.2, 0.25) is 0 Å². The Morgan fingerprint density at radius 1 is 1.11 bits per heavy atom. The predicted molar refractivity (Wildman–Crippen MR) is 99.0 cm³/mol. The molecule has 0 saturated carbocycles. The second-order valence-corrected chi connectivity index (χ2v) is 5.45. The van der Waals surface area contributed by atoms with Gasteiger partial charge in [0.1, 0.15) is 5.82 Å². The number of nitrogens with zero attached hydrogens (tertiary/aromatic N) is 2. The van der Waals surface area contributed by atoms with Crippen LogP contribution in [0, 0.1) is 5.82 Å². The van der Waals surface area contributed by atoms with E-state index in [2.05, 4.69) is 20.5 Å². The molecule has 0 bridgehead atoms. The Hall–Kier alpha value is -3.68. The number of benzene rings is 2. The quantitative estimate of drug-likeness (QED) is 0.652. The largest absolute Gasteiger partial charge is 0.493 e. The summed E-state index contributed by atoms with van der Waals surface area (Å²) in [6.45, 7) is 0. The van der Waals surface area contributed by atoms with Gasteiger partial charge in [0.2, 0.25) is 5.95 Å². The number of aromatic amines is 1. The van der Waals surface area contributed by atoms with Crippen molar-refractivity contribution in [2.24, 2.45) is 0 Å². The second kappa shape index (κ2) is 8.13. The van der Waals surface area contributed by atoms with Crippen LogP contribution in [0.3, 0.4) is 0 Å². The van der Waals surface area contributed by atoms with Crippen molar-refractivity contribution in [3.63, 3.8) is 0 Å². The summed E-state index contributed by atoms with van der Waals surface area (Å²) in [7, 11) is 3.10. The number of amides is 1. The first-order chi connectivity index (χ1) is 13.1. The van der Waals surface area contributed by atoms with Crippen molar-refractivity contribution in [2.45, 2.75) is 0 Å². The lowest BCUT2D eigenvalue weighted by atomic mass is 10.2. The van der Waals surface area contributed by atoms with E-state index >= 15 is 0 Å². The summed E-state index contributed by atoms with van der Waals surface area (Å²) in [5, 5.41) is 9.29. The fourth-order valence-corrected chi connectivity index (χ4v) is 2.33. The highest BCUT2D eigenvalue weighted by Crippen LogP contribution is 2.31. The Bertz CT molecular complexity index is 967. The van der Waals surface area contributed by atoms with Crippen molar-refractivity contribution < 1.29 is 18.7 Å². The lowest BCUT2D eigenvalue weighted by Gasteiger charge is -2.07. The summed E-state index contributed by atoms with van der Waals surface area (Å²) >= 11 is 0. The number of carbonyl (C=O) groups excluding carboxylic acids is 1. The van der Waals surface area contributed by atoms with Gasteiger partial charge in [-0.1, -0.05) is 12.1 Å². The SMILES string of the molecule is COc1ccc(-c2nc(NC(=O)/C=C/c3ccc(F)cc3)n[nH]2)cc1OC. The van der Waals surface area contributed by atoms with Crippen molar-refractivity contribution in [1.29, 1.82) is 0 Å². The normalized spacial score (nSPS) is 10.8. The third kappa shape index (κ3) is 4.49. The predicted octanol–water partition coefficient (Wildman–Crippen LogP) is 3.28. The number of halogens is 1. The highest BCUT2D eigenvalue weighted by atomic mass is 19.1. The molecule has 0 unspecified atom stereocenters. The standard InChI is InChI=1S/C19H17FN4O3/c1-26-15-9-6-13(11-16(15)27-2)18-22-19(24-23-18)21-17(25)10-5-12-3-7-14(20)8-4-12/h3-11H,1-2H3,(H2,21,22,23,24,25)/b10-5+. The van der Waals surface area contributed by atoms with Crippen LogP contribution < -0.4 is 14.8 Å². The van der Waals surface area contributed by atoms with E-state index in [1.165, 1.54) is 18.2 Å². The maximum atomic E-state index is 12.9. The third-order valence-corrected chi connectivity index (χ3v) is 3.67. The molecule has 0 radical (unpaired) electrons. The van der Waals surface area contributed by atoms with Crippen LogP contribution >= 0.6 is 0 Å². The monoisotopic (exact) mass is 368 g/mol. The van der Waals surface area contributed by atoms with Gasteiger partial charge in [-0.15, -0.1) is 5.10 Å². The average Bonchev–Trinajstić information content (AvgIpc) is 3.15. The number of carbonyl (C=O) groups is 1. The Kier molecular flexibility index (Phi) is 5.46. The molecule has 0 saturated heterocycles. The first-order valence-electron chi connectivity index (χ1n) is 7.98. The smallest absolute Gasteiger partial charge is 0.250 e. The third-order valence-electron chi connectivity index (χ3n) is 3.67. The van der Waals surface area contributed by atoms with E-state index in [9.17, 15) is 9.18 Å². The molecule has 0 fully saturated rings. The maximum Gasteiger partial charge on any atom is 0.250 e. The molecule has 27 heavy (non-hydrogen) atoms. The zero-order chi connectivity index (χ0) is 19.2. The molecule has 7 nitrogen and oxygen atoms in total. The van der Waals surface area contributed by atoms with Crippen LogP contribution in [0.4, 0.5) is 10.3 Å². The molecule has 2 aromatic carbocycles. The molecule has 0 aliphatic rings. The van der Waals surface area contributed by atoms with Gasteiger partial charge in [-0.2, -0.15) is 4.98 Å². The number of methoxy groups -OCH3 is 2. The molecule has 0 atom stereocenters. The summed E-state index contributed by atoms with van der Waals surface area (Å²) in [6.07, 6.45) is 2.89. The number of hydrogen-bond donors (Lipinski definition) is 2. The van der Waals surface area contributed by atoms with E-state index in [-0.39, 0.29) is 11.8 Å². The Morgan fingerprint density at radius 2 is 1.85 bits per heavy atom.